The number of furan rings is 1. The van der Waals surface area contributed by atoms with E-state index >= 15 is 0 Å². The van der Waals surface area contributed by atoms with Crippen LogP contribution in [0.3, 0.4) is 0 Å². The van der Waals surface area contributed by atoms with Gasteiger partial charge in [-0.05, 0) is 55.6 Å². The lowest BCUT2D eigenvalue weighted by Gasteiger charge is -2.16. The maximum Gasteiger partial charge on any atom is 0.193 e. The summed E-state index contributed by atoms with van der Waals surface area (Å²) in [7, 11) is 0. The van der Waals surface area contributed by atoms with Crippen LogP contribution in [0.1, 0.15) is 35.4 Å². The second-order valence-electron chi connectivity index (χ2n) is 4.67. The molecule has 0 fully saturated rings. The highest BCUT2D eigenvalue weighted by Gasteiger charge is 2.09. The van der Waals surface area contributed by atoms with Crippen molar-refractivity contribution in [3.05, 3.63) is 58.0 Å². The summed E-state index contributed by atoms with van der Waals surface area (Å²) in [6.07, 6.45) is 0. The first-order chi connectivity index (χ1) is 8.56. The third-order valence-corrected chi connectivity index (χ3v) is 3.32. The highest BCUT2D eigenvalue weighted by atomic mass is 35.5. The van der Waals surface area contributed by atoms with Crippen molar-refractivity contribution in [2.75, 3.05) is 0 Å². The van der Waals surface area contributed by atoms with Gasteiger partial charge in [-0.2, -0.15) is 0 Å². The molecular formula is C15H18ClNO. The maximum absolute atomic E-state index is 5.74. The predicted molar refractivity (Wildman–Crippen MR) is 74.9 cm³/mol. The molecule has 1 unspecified atom stereocenters. The van der Waals surface area contributed by atoms with Gasteiger partial charge >= 0.3 is 0 Å². The molecule has 0 amide bonds. The minimum atomic E-state index is 0.286. The summed E-state index contributed by atoms with van der Waals surface area (Å²) in [5, 5.41) is 3.88. The van der Waals surface area contributed by atoms with E-state index in [4.69, 9.17) is 16.0 Å². The molecule has 1 aromatic heterocycles. The molecule has 2 aromatic rings. The van der Waals surface area contributed by atoms with E-state index in [-0.39, 0.29) is 6.04 Å². The van der Waals surface area contributed by atoms with Gasteiger partial charge in [-0.1, -0.05) is 23.8 Å². The lowest BCUT2D eigenvalue weighted by atomic mass is 10.00. The Morgan fingerprint density at radius 3 is 2.67 bits per heavy atom. The standard InChI is InChI=1S/C15H18ClNO/c1-10-4-5-11(2)14(8-10)12(3)17-9-13-6-7-15(16)18-13/h4-8,12,17H,9H2,1-3H3. The molecule has 0 saturated heterocycles. The fraction of sp³-hybridized carbons (Fsp3) is 0.333. The van der Waals surface area contributed by atoms with E-state index < -0.39 is 0 Å². The largest absolute Gasteiger partial charge is 0.448 e. The van der Waals surface area contributed by atoms with Gasteiger partial charge in [0.2, 0.25) is 0 Å². The molecule has 1 heterocycles. The summed E-state index contributed by atoms with van der Waals surface area (Å²) in [5.41, 5.74) is 3.91. The first-order valence-electron chi connectivity index (χ1n) is 6.11. The molecular weight excluding hydrogens is 246 g/mol. The van der Waals surface area contributed by atoms with Crippen molar-refractivity contribution < 1.29 is 4.42 Å². The lowest BCUT2D eigenvalue weighted by molar-refractivity contribution is 0.461. The van der Waals surface area contributed by atoms with Gasteiger partial charge in [0.05, 0.1) is 6.54 Å². The van der Waals surface area contributed by atoms with Crippen LogP contribution < -0.4 is 5.32 Å². The SMILES string of the molecule is Cc1ccc(C)c(C(C)NCc2ccc(Cl)o2)c1. The van der Waals surface area contributed by atoms with Gasteiger partial charge < -0.3 is 9.73 Å². The quantitative estimate of drug-likeness (QED) is 0.884. The molecule has 0 bridgehead atoms. The average molecular weight is 264 g/mol. The zero-order valence-corrected chi connectivity index (χ0v) is 11.7. The van der Waals surface area contributed by atoms with E-state index in [2.05, 4.69) is 44.3 Å². The number of hydrogen-bond donors (Lipinski definition) is 1. The summed E-state index contributed by atoms with van der Waals surface area (Å²) < 4.78 is 5.33. The van der Waals surface area contributed by atoms with E-state index in [1.807, 2.05) is 6.07 Å². The first-order valence-corrected chi connectivity index (χ1v) is 6.49. The van der Waals surface area contributed by atoms with Gasteiger partial charge in [-0.3, -0.25) is 0 Å². The number of rotatable bonds is 4. The number of nitrogens with one attached hydrogen (secondary N) is 1. The van der Waals surface area contributed by atoms with Crippen LogP contribution in [-0.4, -0.2) is 0 Å². The molecule has 0 aliphatic rings. The average Bonchev–Trinajstić information content (AvgIpc) is 2.75. The fourth-order valence-corrected chi connectivity index (χ4v) is 2.20. The minimum absolute atomic E-state index is 0.286. The number of benzene rings is 1. The summed E-state index contributed by atoms with van der Waals surface area (Å²) in [4.78, 5) is 0. The number of halogens is 1. The maximum atomic E-state index is 5.74. The first kappa shape index (κ1) is 13.2. The van der Waals surface area contributed by atoms with E-state index in [0.717, 1.165) is 5.76 Å². The van der Waals surface area contributed by atoms with Crippen molar-refractivity contribution >= 4 is 11.6 Å². The Balaban J connectivity index is 2.03. The Kier molecular flexibility index (Phi) is 4.10. The molecule has 2 rings (SSSR count). The molecule has 3 heteroatoms. The summed E-state index contributed by atoms with van der Waals surface area (Å²) >= 11 is 5.74. The van der Waals surface area contributed by atoms with Crippen LogP contribution in [0, 0.1) is 13.8 Å². The normalized spacial score (nSPS) is 12.7. The molecule has 18 heavy (non-hydrogen) atoms. The van der Waals surface area contributed by atoms with Crippen molar-refractivity contribution in [3.8, 4) is 0 Å². The van der Waals surface area contributed by atoms with E-state index in [1.165, 1.54) is 16.7 Å². The second-order valence-corrected chi connectivity index (χ2v) is 5.04. The van der Waals surface area contributed by atoms with Crippen molar-refractivity contribution in [3.63, 3.8) is 0 Å². The van der Waals surface area contributed by atoms with Gasteiger partial charge in [-0.25, -0.2) is 0 Å². The van der Waals surface area contributed by atoms with Crippen molar-refractivity contribution in [1.82, 2.24) is 5.32 Å². The van der Waals surface area contributed by atoms with E-state index in [9.17, 15) is 0 Å². The predicted octanol–water partition coefficient (Wildman–Crippen LogP) is 4.40. The molecule has 0 spiro atoms. The zero-order valence-electron chi connectivity index (χ0n) is 11.0. The van der Waals surface area contributed by atoms with Crippen molar-refractivity contribution in [2.24, 2.45) is 0 Å². The summed E-state index contributed by atoms with van der Waals surface area (Å²) in [6, 6.07) is 10.5. The number of hydrogen-bond acceptors (Lipinski definition) is 2. The Morgan fingerprint density at radius 1 is 1.22 bits per heavy atom. The molecule has 1 N–H and O–H groups in total. The molecule has 0 aliphatic heterocycles. The molecule has 0 aliphatic carbocycles. The van der Waals surface area contributed by atoms with E-state index in [1.54, 1.807) is 6.07 Å². The van der Waals surface area contributed by atoms with Crippen molar-refractivity contribution in [1.29, 1.82) is 0 Å². The van der Waals surface area contributed by atoms with Gasteiger partial charge in [0.25, 0.3) is 0 Å². The van der Waals surface area contributed by atoms with Gasteiger partial charge in [0.15, 0.2) is 5.22 Å². The molecule has 1 atom stereocenters. The minimum Gasteiger partial charge on any atom is -0.448 e. The highest BCUT2D eigenvalue weighted by Crippen LogP contribution is 2.20. The van der Waals surface area contributed by atoms with Gasteiger partial charge in [0, 0.05) is 6.04 Å². The third kappa shape index (κ3) is 3.15. The van der Waals surface area contributed by atoms with Crippen LogP contribution >= 0.6 is 11.6 Å². The van der Waals surface area contributed by atoms with Gasteiger partial charge in [0.1, 0.15) is 5.76 Å². The summed E-state index contributed by atoms with van der Waals surface area (Å²) in [6.45, 7) is 7.09. The Morgan fingerprint density at radius 2 is 2.00 bits per heavy atom. The zero-order chi connectivity index (χ0) is 13.1. The van der Waals surface area contributed by atoms with Gasteiger partial charge in [-0.15, -0.1) is 0 Å². The van der Waals surface area contributed by atoms with Crippen molar-refractivity contribution in [2.45, 2.75) is 33.4 Å². The van der Waals surface area contributed by atoms with Crippen LogP contribution in [0.5, 0.6) is 0 Å². The molecule has 2 nitrogen and oxygen atoms in total. The Labute approximate surface area is 113 Å². The molecule has 0 radical (unpaired) electrons. The third-order valence-electron chi connectivity index (χ3n) is 3.11. The Hall–Kier alpha value is -1.25. The molecule has 96 valence electrons. The van der Waals surface area contributed by atoms with Crippen LogP contribution in [-0.2, 0) is 6.54 Å². The molecule has 1 aromatic carbocycles. The van der Waals surface area contributed by atoms with Crippen LogP contribution in [0.2, 0.25) is 5.22 Å². The van der Waals surface area contributed by atoms with E-state index in [0.29, 0.717) is 11.8 Å². The smallest absolute Gasteiger partial charge is 0.193 e. The second kappa shape index (κ2) is 5.59. The number of aryl methyl sites for hydroxylation is 2. The monoisotopic (exact) mass is 263 g/mol. The summed E-state index contributed by atoms with van der Waals surface area (Å²) in [5.74, 6) is 0.858. The Bertz CT molecular complexity index is 533. The lowest BCUT2D eigenvalue weighted by Crippen LogP contribution is -2.18. The van der Waals surface area contributed by atoms with Crippen LogP contribution in [0.25, 0.3) is 0 Å². The fourth-order valence-electron chi connectivity index (χ4n) is 2.04. The van der Waals surface area contributed by atoms with Crippen LogP contribution in [0.4, 0.5) is 0 Å². The highest BCUT2D eigenvalue weighted by molar-refractivity contribution is 6.28. The van der Waals surface area contributed by atoms with Crippen LogP contribution in [0.15, 0.2) is 34.7 Å². The topological polar surface area (TPSA) is 25.2 Å². The molecule has 0 saturated carbocycles.